The highest BCUT2D eigenvalue weighted by Crippen LogP contribution is 2.34. The number of alkyl halides is 1. The zero-order valence-electron chi connectivity index (χ0n) is 9.08. The van der Waals surface area contributed by atoms with Crippen molar-refractivity contribution >= 4 is 0 Å². The topological polar surface area (TPSA) is 9.23 Å². The molecule has 0 saturated carbocycles. The van der Waals surface area contributed by atoms with Gasteiger partial charge in [0.05, 0.1) is 12.2 Å². The summed E-state index contributed by atoms with van der Waals surface area (Å²) < 4.78 is 18.4. The monoisotopic (exact) mass is 208 g/mol. The summed E-state index contributed by atoms with van der Waals surface area (Å²) in [7, 11) is 0. The number of hydrogen-bond acceptors (Lipinski definition) is 1. The Balaban J connectivity index is 2.09. The molecule has 1 fully saturated rings. The van der Waals surface area contributed by atoms with E-state index < -0.39 is 6.67 Å². The molecule has 1 nitrogen and oxygen atoms in total. The Bertz CT molecular complexity index is 324. The maximum atomic E-state index is 12.5. The third kappa shape index (κ3) is 2.37. The molecule has 1 aromatic rings. The molecule has 0 N–H and O–H groups in total. The lowest BCUT2D eigenvalue weighted by molar-refractivity contribution is 0.0427. The number of rotatable bonds is 3. The van der Waals surface area contributed by atoms with Crippen LogP contribution in [0.25, 0.3) is 0 Å². The van der Waals surface area contributed by atoms with Gasteiger partial charge in [0.1, 0.15) is 6.67 Å². The Morgan fingerprint density at radius 2 is 2.27 bits per heavy atom. The molecule has 0 amide bonds. The molecule has 0 spiro atoms. The third-order valence-corrected chi connectivity index (χ3v) is 3.04. The zero-order valence-corrected chi connectivity index (χ0v) is 9.08. The minimum Gasteiger partial charge on any atom is -0.370 e. The van der Waals surface area contributed by atoms with E-state index in [9.17, 15) is 4.39 Å². The van der Waals surface area contributed by atoms with Crippen molar-refractivity contribution in [3.8, 4) is 0 Å². The number of hydrogen-bond donors (Lipinski definition) is 0. The molecule has 2 atom stereocenters. The molecule has 2 heteroatoms. The number of ether oxygens (including phenoxy) is 1. The van der Waals surface area contributed by atoms with Crippen LogP contribution in [0.15, 0.2) is 24.3 Å². The van der Waals surface area contributed by atoms with Crippen LogP contribution in [0, 0.1) is 0 Å². The Hall–Kier alpha value is -0.890. The van der Waals surface area contributed by atoms with Crippen LogP contribution in [0.2, 0.25) is 0 Å². The van der Waals surface area contributed by atoms with Gasteiger partial charge >= 0.3 is 0 Å². The molecule has 82 valence electrons. The second-order valence-corrected chi connectivity index (χ2v) is 4.11. The van der Waals surface area contributed by atoms with Gasteiger partial charge in [0.15, 0.2) is 0 Å². The summed E-state index contributed by atoms with van der Waals surface area (Å²) in [4.78, 5) is 0. The fourth-order valence-electron chi connectivity index (χ4n) is 2.13. The molecule has 1 aliphatic heterocycles. The van der Waals surface area contributed by atoms with Gasteiger partial charge in [-0.1, -0.05) is 31.2 Å². The van der Waals surface area contributed by atoms with Crippen molar-refractivity contribution in [1.82, 2.24) is 0 Å². The van der Waals surface area contributed by atoms with E-state index in [0.29, 0.717) is 6.10 Å². The fraction of sp³-hybridized carbons (Fsp3) is 0.538. The summed E-state index contributed by atoms with van der Waals surface area (Å²) in [6.45, 7) is 1.75. The molecule has 0 aromatic heterocycles. The normalized spacial score (nSPS) is 25.7. The van der Waals surface area contributed by atoms with Gasteiger partial charge in [-0.15, -0.1) is 0 Å². The molecule has 0 bridgehead atoms. The van der Waals surface area contributed by atoms with E-state index in [1.807, 2.05) is 24.3 Å². The predicted molar refractivity (Wildman–Crippen MR) is 58.4 cm³/mol. The van der Waals surface area contributed by atoms with E-state index in [1.165, 1.54) is 0 Å². The van der Waals surface area contributed by atoms with Gasteiger partial charge in [0.25, 0.3) is 0 Å². The molecule has 1 aromatic carbocycles. The first-order valence-corrected chi connectivity index (χ1v) is 5.63. The van der Waals surface area contributed by atoms with Crippen molar-refractivity contribution in [1.29, 1.82) is 0 Å². The third-order valence-electron chi connectivity index (χ3n) is 3.04. The van der Waals surface area contributed by atoms with Gasteiger partial charge < -0.3 is 4.74 Å². The Labute approximate surface area is 90.3 Å². The molecular weight excluding hydrogens is 191 g/mol. The Morgan fingerprint density at radius 1 is 1.40 bits per heavy atom. The predicted octanol–water partition coefficient (Wildman–Crippen LogP) is 3.79. The van der Waals surface area contributed by atoms with Crippen molar-refractivity contribution in [3.05, 3.63) is 35.4 Å². The van der Waals surface area contributed by atoms with Gasteiger partial charge in [0.2, 0.25) is 0 Å². The lowest BCUT2D eigenvalue weighted by Crippen LogP contribution is -2.04. The molecule has 0 radical (unpaired) electrons. The molecule has 2 rings (SSSR count). The standard InChI is InChI=1S/C13H17FO/c1-2-12-6-7-13(15-12)11-5-3-4-10(8-11)9-14/h3-5,8,12-13H,2,6-7,9H2,1H3/t12-,13-/m1/s1. The minimum atomic E-state index is -0.391. The number of benzene rings is 1. The van der Waals surface area contributed by atoms with Crippen molar-refractivity contribution in [2.45, 2.75) is 45.1 Å². The first-order valence-electron chi connectivity index (χ1n) is 5.63. The quantitative estimate of drug-likeness (QED) is 0.734. The van der Waals surface area contributed by atoms with Gasteiger partial charge in [-0.2, -0.15) is 0 Å². The Kier molecular flexibility index (Phi) is 3.37. The highest BCUT2D eigenvalue weighted by Gasteiger charge is 2.24. The zero-order chi connectivity index (χ0) is 10.7. The van der Waals surface area contributed by atoms with Crippen molar-refractivity contribution in [2.24, 2.45) is 0 Å². The maximum Gasteiger partial charge on any atom is 0.115 e. The van der Waals surface area contributed by atoms with Gasteiger partial charge in [0, 0.05) is 0 Å². The average molecular weight is 208 g/mol. The summed E-state index contributed by atoms with van der Waals surface area (Å²) in [6.07, 6.45) is 3.83. The molecule has 1 saturated heterocycles. The fourth-order valence-corrected chi connectivity index (χ4v) is 2.13. The first-order chi connectivity index (χ1) is 7.33. The number of halogens is 1. The van der Waals surface area contributed by atoms with Crippen LogP contribution in [-0.2, 0) is 11.4 Å². The largest absolute Gasteiger partial charge is 0.370 e. The highest BCUT2D eigenvalue weighted by molar-refractivity contribution is 5.25. The van der Waals surface area contributed by atoms with Gasteiger partial charge in [-0.05, 0) is 30.4 Å². The van der Waals surface area contributed by atoms with Crippen LogP contribution >= 0.6 is 0 Å². The van der Waals surface area contributed by atoms with Gasteiger partial charge in [-0.25, -0.2) is 4.39 Å². The van der Waals surface area contributed by atoms with Crippen molar-refractivity contribution in [3.63, 3.8) is 0 Å². The molecule has 1 heterocycles. The van der Waals surface area contributed by atoms with E-state index in [1.54, 1.807) is 0 Å². The SMILES string of the molecule is CC[C@@H]1CC[C@H](c2cccc(CF)c2)O1. The van der Waals surface area contributed by atoms with Gasteiger partial charge in [-0.3, -0.25) is 0 Å². The molecule has 15 heavy (non-hydrogen) atoms. The summed E-state index contributed by atoms with van der Waals surface area (Å²) in [5.41, 5.74) is 1.87. The molecular formula is C13H17FO. The highest BCUT2D eigenvalue weighted by atomic mass is 19.1. The molecule has 0 aliphatic carbocycles. The second kappa shape index (κ2) is 4.75. The van der Waals surface area contributed by atoms with Crippen LogP contribution in [0.1, 0.15) is 43.4 Å². The molecule has 0 unspecified atom stereocenters. The first kappa shape index (κ1) is 10.6. The lowest BCUT2D eigenvalue weighted by Gasteiger charge is -2.13. The van der Waals surface area contributed by atoms with Crippen LogP contribution in [0.4, 0.5) is 4.39 Å². The summed E-state index contributed by atoms with van der Waals surface area (Å²) in [5.74, 6) is 0. The van der Waals surface area contributed by atoms with Crippen LogP contribution in [0.3, 0.4) is 0 Å². The van der Waals surface area contributed by atoms with Crippen LogP contribution in [-0.4, -0.2) is 6.10 Å². The van der Waals surface area contributed by atoms with Crippen molar-refractivity contribution in [2.75, 3.05) is 0 Å². The van der Waals surface area contributed by atoms with E-state index in [4.69, 9.17) is 4.74 Å². The smallest absolute Gasteiger partial charge is 0.115 e. The van der Waals surface area contributed by atoms with E-state index in [2.05, 4.69) is 6.92 Å². The van der Waals surface area contributed by atoms with E-state index in [0.717, 1.165) is 30.4 Å². The average Bonchev–Trinajstić information content (AvgIpc) is 2.78. The Morgan fingerprint density at radius 3 is 2.93 bits per heavy atom. The summed E-state index contributed by atoms with van der Waals surface area (Å²) in [6, 6.07) is 7.67. The second-order valence-electron chi connectivity index (χ2n) is 4.11. The maximum absolute atomic E-state index is 12.5. The van der Waals surface area contributed by atoms with Crippen LogP contribution < -0.4 is 0 Å². The van der Waals surface area contributed by atoms with E-state index >= 15 is 0 Å². The molecule has 1 aliphatic rings. The summed E-state index contributed by atoms with van der Waals surface area (Å²) >= 11 is 0. The van der Waals surface area contributed by atoms with E-state index in [-0.39, 0.29) is 6.10 Å². The lowest BCUT2D eigenvalue weighted by atomic mass is 10.0. The van der Waals surface area contributed by atoms with Crippen molar-refractivity contribution < 1.29 is 9.13 Å². The summed E-state index contributed by atoms with van der Waals surface area (Å²) in [5, 5.41) is 0. The minimum absolute atomic E-state index is 0.182. The van der Waals surface area contributed by atoms with Crippen LogP contribution in [0.5, 0.6) is 0 Å².